The van der Waals surface area contributed by atoms with Gasteiger partial charge in [0.2, 0.25) is 5.91 Å². The number of nitrogens with zero attached hydrogens (tertiary/aromatic N) is 2. The van der Waals surface area contributed by atoms with Gasteiger partial charge in [0.05, 0.1) is 18.8 Å². The molecule has 3 rings (SSSR count). The van der Waals surface area contributed by atoms with Crippen molar-refractivity contribution in [3.63, 3.8) is 0 Å². The summed E-state index contributed by atoms with van der Waals surface area (Å²) in [4.78, 5) is 28.8. The number of ether oxygens (including phenoxy) is 1. The Balaban J connectivity index is 1.79. The highest BCUT2D eigenvalue weighted by molar-refractivity contribution is 5.98. The molecule has 6 heteroatoms. The van der Waals surface area contributed by atoms with Crippen LogP contribution in [0.4, 0.5) is 4.39 Å². The molecule has 0 aliphatic carbocycles. The molecule has 1 aromatic carbocycles. The Morgan fingerprint density at radius 1 is 1.09 bits per heavy atom. The first-order valence-electron chi connectivity index (χ1n) is 8.10. The van der Waals surface area contributed by atoms with Crippen molar-refractivity contribution in [1.82, 2.24) is 9.80 Å². The van der Waals surface area contributed by atoms with Crippen molar-refractivity contribution in [3.05, 3.63) is 35.6 Å². The summed E-state index contributed by atoms with van der Waals surface area (Å²) in [6, 6.07) is 5.45. The quantitative estimate of drug-likeness (QED) is 0.833. The summed E-state index contributed by atoms with van der Waals surface area (Å²) in [5, 5.41) is 0. The smallest absolute Gasteiger partial charge is 0.257 e. The number of benzene rings is 1. The Morgan fingerprint density at radius 3 is 2.57 bits per heavy atom. The lowest BCUT2D eigenvalue weighted by atomic mass is 9.99. The Kier molecular flexibility index (Phi) is 4.91. The zero-order valence-electron chi connectivity index (χ0n) is 13.0. The normalized spacial score (nSPS) is 22.0. The predicted molar refractivity (Wildman–Crippen MR) is 82.5 cm³/mol. The summed E-state index contributed by atoms with van der Waals surface area (Å²) < 4.78 is 19.2. The molecule has 2 aliphatic rings. The molecule has 0 N–H and O–H groups in total. The molecule has 1 aromatic rings. The molecule has 5 nitrogen and oxygen atoms in total. The number of likely N-dealkylation sites (tertiary alicyclic amines) is 1. The highest BCUT2D eigenvalue weighted by Gasteiger charge is 2.36. The summed E-state index contributed by atoms with van der Waals surface area (Å²) in [6.45, 7) is 2.65. The van der Waals surface area contributed by atoms with Crippen LogP contribution >= 0.6 is 0 Å². The van der Waals surface area contributed by atoms with E-state index in [9.17, 15) is 14.0 Å². The maximum Gasteiger partial charge on any atom is 0.257 e. The molecule has 0 saturated carbocycles. The van der Waals surface area contributed by atoms with E-state index in [1.807, 2.05) is 0 Å². The van der Waals surface area contributed by atoms with Crippen LogP contribution < -0.4 is 0 Å². The second kappa shape index (κ2) is 7.08. The van der Waals surface area contributed by atoms with Crippen LogP contribution in [0, 0.1) is 5.82 Å². The number of halogens is 1. The topological polar surface area (TPSA) is 49.9 Å². The lowest BCUT2D eigenvalue weighted by Crippen LogP contribution is -2.55. The third kappa shape index (κ3) is 3.37. The van der Waals surface area contributed by atoms with E-state index in [0.717, 1.165) is 12.8 Å². The molecule has 1 unspecified atom stereocenters. The Labute approximate surface area is 135 Å². The average Bonchev–Trinajstić information content (AvgIpc) is 2.62. The fourth-order valence-electron chi connectivity index (χ4n) is 3.22. The van der Waals surface area contributed by atoms with E-state index in [-0.39, 0.29) is 11.5 Å². The van der Waals surface area contributed by atoms with E-state index in [2.05, 4.69) is 0 Å². The monoisotopic (exact) mass is 320 g/mol. The van der Waals surface area contributed by atoms with Crippen molar-refractivity contribution < 1.29 is 18.7 Å². The summed E-state index contributed by atoms with van der Waals surface area (Å²) in [5.74, 6) is -0.979. The van der Waals surface area contributed by atoms with Gasteiger partial charge in [-0.15, -0.1) is 0 Å². The standard InChI is InChI=1S/C17H21FN2O3/c18-14-6-2-1-5-13(14)16(21)20-8-4-3-7-15(20)17(22)19-9-11-23-12-10-19/h1-2,5-6,15H,3-4,7-12H2. The van der Waals surface area contributed by atoms with Crippen molar-refractivity contribution in [2.24, 2.45) is 0 Å². The largest absolute Gasteiger partial charge is 0.378 e. The average molecular weight is 320 g/mol. The first-order chi connectivity index (χ1) is 11.2. The number of hydrogen-bond donors (Lipinski definition) is 0. The van der Waals surface area contributed by atoms with E-state index < -0.39 is 17.8 Å². The van der Waals surface area contributed by atoms with E-state index >= 15 is 0 Å². The third-order valence-corrected chi connectivity index (χ3v) is 4.48. The van der Waals surface area contributed by atoms with Gasteiger partial charge in [0, 0.05) is 19.6 Å². The van der Waals surface area contributed by atoms with Gasteiger partial charge >= 0.3 is 0 Å². The van der Waals surface area contributed by atoms with E-state index in [1.54, 1.807) is 21.9 Å². The van der Waals surface area contributed by atoms with Gasteiger partial charge < -0.3 is 14.5 Å². The van der Waals surface area contributed by atoms with Crippen LogP contribution in [0.15, 0.2) is 24.3 Å². The molecular formula is C17H21FN2O3. The Morgan fingerprint density at radius 2 is 1.83 bits per heavy atom. The number of piperidine rings is 1. The predicted octanol–water partition coefficient (Wildman–Crippen LogP) is 1.68. The van der Waals surface area contributed by atoms with Gasteiger partial charge in [-0.2, -0.15) is 0 Å². The van der Waals surface area contributed by atoms with E-state index in [4.69, 9.17) is 4.74 Å². The maximum atomic E-state index is 13.9. The molecule has 2 fully saturated rings. The van der Waals surface area contributed by atoms with Crippen molar-refractivity contribution >= 4 is 11.8 Å². The van der Waals surface area contributed by atoms with Gasteiger partial charge in [-0.05, 0) is 31.4 Å². The molecule has 23 heavy (non-hydrogen) atoms. The van der Waals surface area contributed by atoms with E-state index in [1.165, 1.54) is 12.1 Å². The van der Waals surface area contributed by atoms with Crippen LogP contribution in [0.3, 0.4) is 0 Å². The van der Waals surface area contributed by atoms with Crippen LogP contribution in [0.2, 0.25) is 0 Å². The van der Waals surface area contributed by atoms with Gasteiger partial charge in [-0.3, -0.25) is 9.59 Å². The lowest BCUT2D eigenvalue weighted by Gasteiger charge is -2.38. The molecule has 2 saturated heterocycles. The number of hydrogen-bond acceptors (Lipinski definition) is 3. The highest BCUT2D eigenvalue weighted by atomic mass is 19.1. The third-order valence-electron chi connectivity index (χ3n) is 4.48. The highest BCUT2D eigenvalue weighted by Crippen LogP contribution is 2.23. The molecular weight excluding hydrogens is 299 g/mol. The first kappa shape index (κ1) is 15.9. The second-order valence-corrected chi connectivity index (χ2v) is 5.93. The molecule has 0 spiro atoms. The van der Waals surface area contributed by atoms with Gasteiger partial charge in [-0.1, -0.05) is 12.1 Å². The number of morpholine rings is 1. The van der Waals surface area contributed by atoms with Crippen molar-refractivity contribution in [1.29, 1.82) is 0 Å². The first-order valence-corrected chi connectivity index (χ1v) is 8.10. The summed E-state index contributed by atoms with van der Waals surface area (Å²) >= 11 is 0. The minimum Gasteiger partial charge on any atom is -0.378 e. The van der Waals surface area contributed by atoms with Crippen molar-refractivity contribution in [3.8, 4) is 0 Å². The molecule has 1 atom stereocenters. The molecule has 2 heterocycles. The number of carbonyl (C=O) groups excluding carboxylic acids is 2. The van der Waals surface area contributed by atoms with Gasteiger partial charge in [-0.25, -0.2) is 4.39 Å². The number of amides is 2. The van der Waals surface area contributed by atoms with Crippen LogP contribution in [0.25, 0.3) is 0 Å². The van der Waals surface area contributed by atoms with Gasteiger partial charge in [0.15, 0.2) is 0 Å². The molecule has 0 radical (unpaired) electrons. The zero-order chi connectivity index (χ0) is 16.2. The SMILES string of the molecule is O=C(C1CCCCN1C(=O)c1ccccc1F)N1CCOCC1. The number of rotatable bonds is 2. The lowest BCUT2D eigenvalue weighted by molar-refractivity contribution is -0.141. The van der Waals surface area contributed by atoms with Crippen LogP contribution in [0.5, 0.6) is 0 Å². The zero-order valence-corrected chi connectivity index (χ0v) is 13.0. The summed E-state index contributed by atoms with van der Waals surface area (Å²) in [6.07, 6.45) is 2.38. The Bertz CT molecular complexity index is 587. The molecule has 0 bridgehead atoms. The fourth-order valence-corrected chi connectivity index (χ4v) is 3.22. The van der Waals surface area contributed by atoms with Crippen LogP contribution in [-0.4, -0.2) is 60.5 Å². The summed E-state index contributed by atoms with van der Waals surface area (Å²) in [5.41, 5.74) is 0.0363. The molecule has 124 valence electrons. The fraction of sp³-hybridized carbons (Fsp3) is 0.529. The van der Waals surface area contributed by atoms with Crippen molar-refractivity contribution in [2.75, 3.05) is 32.8 Å². The van der Waals surface area contributed by atoms with Crippen LogP contribution in [0.1, 0.15) is 29.6 Å². The molecule has 2 amide bonds. The number of carbonyl (C=O) groups is 2. The second-order valence-electron chi connectivity index (χ2n) is 5.93. The Hall–Kier alpha value is -1.95. The van der Waals surface area contributed by atoms with Gasteiger partial charge in [0.25, 0.3) is 5.91 Å². The molecule has 0 aromatic heterocycles. The van der Waals surface area contributed by atoms with Crippen molar-refractivity contribution in [2.45, 2.75) is 25.3 Å². The minimum absolute atomic E-state index is 0.0363. The van der Waals surface area contributed by atoms with E-state index in [0.29, 0.717) is 39.3 Å². The van der Waals surface area contributed by atoms with Gasteiger partial charge in [0.1, 0.15) is 11.9 Å². The summed E-state index contributed by atoms with van der Waals surface area (Å²) in [7, 11) is 0. The molecule has 2 aliphatic heterocycles. The maximum absolute atomic E-state index is 13.9. The van der Waals surface area contributed by atoms with Crippen LogP contribution in [-0.2, 0) is 9.53 Å². The minimum atomic E-state index is -0.541.